The van der Waals surface area contributed by atoms with Gasteiger partial charge in [-0.3, -0.25) is 13.8 Å². The average Bonchev–Trinajstić information content (AvgIpc) is 2.79. The lowest BCUT2D eigenvalue weighted by Crippen LogP contribution is -2.80. The maximum Gasteiger partial charge on any atom is 0.336 e. The summed E-state index contributed by atoms with van der Waals surface area (Å²) in [5.41, 5.74) is -1.46. The predicted octanol–water partition coefficient (Wildman–Crippen LogP) is 2.34. The van der Waals surface area contributed by atoms with Crippen LogP contribution in [0.25, 0.3) is 0 Å². The van der Waals surface area contributed by atoms with E-state index in [1.54, 1.807) is 30.3 Å². The molecule has 13 heteroatoms. The Balaban J connectivity index is 1.80. The summed E-state index contributed by atoms with van der Waals surface area (Å²) in [6.07, 6.45) is -0.235. The highest BCUT2D eigenvalue weighted by atomic mass is 35.6. The summed E-state index contributed by atoms with van der Waals surface area (Å²) in [6, 6.07) is 9.38. The van der Waals surface area contributed by atoms with Crippen molar-refractivity contribution in [1.29, 1.82) is 5.26 Å². The third-order valence-electron chi connectivity index (χ3n) is 5.37. The molecule has 3 rings (SSSR count). The normalized spacial score (nSPS) is 25.9. The number of nitriles is 1. The van der Waals surface area contributed by atoms with Gasteiger partial charge in [-0.05, 0) is 31.1 Å². The van der Waals surface area contributed by atoms with Crippen molar-refractivity contribution in [2.75, 3.05) is 13.2 Å². The molecular formula is C21H20Cl3N3O6S. The number of carbonyl (C=O) groups is 3. The number of halogens is 3. The summed E-state index contributed by atoms with van der Waals surface area (Å²) in [7, 11) is -1.74. The highest BCUT2D eigenvalue weighted by molar-refractivity contribution is 7.88. The molecule has 1 N–H and O–H groups in total. The van der Waals surface area contributed by atoms with Gasteiger partial charge in [-0.1, -0.05) is 53.0 Å². The smallest absolute Gasteiger partial charge is 0.336 e. The maximum absolute atomic E-state index is 13.2. The van der Waals surface area contributed by atoms with Gasteiger partial charge in [-0.15, -0.1) is 0 Å². The van der Waals surface area contributed by atoms with Crippen LogP contribution in [0.15, 0.2) is 41.3 Å². The molecule has 34 heavy (non-hydrogen) atoms. The van der Waals surface area contributed by atoms with E-state index < -0.39 is 55.9 Å². The molecule has 1 saturated heterocycles. The van der Waals surface area contributed by atoms with Gasteiger partial charge >= 0.3 is 5.97 Å². The lowest BCUT2D eigenvalue weighted by Gasteiger charge is -2.57. The zero-order valence-corrected chi connectivity index (χ0v) is 20.9. The Morgan fingerprint density at radius 1 is 1.29 bits per heavy atom. The number of rotatable bonds is 8. The lowest BCUT2D eigenvalue weighted by molar-refractivity contribution is -0.173. The van der Waals surface area contributed by atoms with Crippen LogP contribution >= 0.6 is 34.8 Å². The quantitative estimate of drug-likeness (QED) is 0.300. The van der Waals surface area contributed by atoms with Crippen LogP contribution in [0.4, 0.5) is 0 Å². The van der Waals surface area contributed by atoms with Crippen LogP contribution < -0.4 is 10.1 Å². The maximum atomic E-state index is 13.2. The van der Waals surface area contributed by atoms with Crippen molar-refractivity contribution >= 4 is 63.4 Å². The van der Waals surface area contributed by atoms with E-state index in [1.807, 2.05) is 6.07 Å². The molecule has 1 fully saturated rings. The number of fused-ring (bicyclic) bond motifs is 1. The number of para-hydroxylation sites is 1. The molecular weight excluding hydrogens is 529 g/mol. The van der Waals surface area contributed by atoms with Crippen molar-refractivity contribution in [1.82, 2.24) is 10.2 Å². The Morgan fingerprint density at radius 2 is 1.97 bits per heavy atom. The molecule has 0 bridgehead atoms. The van der Waals surface area contributed by atoms with Gasteiger partial charge in [0.05, 0.1) is 16.9 Å². The second-order valence-corrected chi connectivity index (χ2v) is 11.5. The van der Waals surface area contributed by atoms with Crippen LogP contribution in [-0.2, 0) is 29.9 Å². The molecule has 1 unspecified atom stereocenters. The summed E-state index contributed by atoms with van der Waals surface area (Å²) in [6.45, 7) is 0.548. The first-order valence-electron chi connectivity index (χ1n) is 10.0. The molecule has 1 aromatic carbocycles. The summed E-state index contributed by atoms with van der Waals surface area (Å²) >= 11 is 17.1. The van der Waals surface area contributed by atoms with Crippen molar-refractivity contribution in [3.8, 4) is 11.8 Å². The second kappa shape index (κ2) is 10.5. The van der Waals surface area contributed by atoms with Crippen molar-refractivity contribution in [3.63, 3.8) is 0 Å². The van der Waals surface area contributed by atoms with Crippen LogP contribution in [-0.4, -0.2) is 60.9 Å². The second-order valence-electron chi connectivity index (χ2n) is 7.58. The molecule has 2 amide bonds. The Kier molecular flexibility index (Phi) is 8.14. The molecule has 0 spiro atoms. The number of β-lactam (4-membered cyclic amide) rings is 1. The predicted molar refractivity (Wildman–Crippen MR) is 125 cm³/mol. The highest BCUT2D eigenvalue weighted by Crippen LogP contribution is 2.44. The number of hydrogen-bond acceptors (Lipinski definition) is 7. The van der Waals surface area contributed by atoms with E-state index in [-0.39, 0.29) is 25.0 Å². The van der Waals surface area contributed by atoms with Crippen LogP contribution in [0.1, 0.15) is 19.8 Å². The van der Waals surface area contributed by atoms with E-state index in [2.05, 4.69) is 5.32 Å². The number of esters is 1. The average molecular weight is 549 g/mol. The fourth-order valence-electron chi connectivity index (χ4n) is 3.84. The molecule has 2 aliphatic heterocycles. The molecule has 0 aliphatic carbocycles. The Labute approximate surface area is 213 Å². The van der Waals surface area contributed by atoms with E-state index in [4.69, 9.17) is 49.5 Å². The molecule has 9 nitrogen and oxygen atoms in total. The number of alkyl halides is 3. The topological polar surface area (TPSA) is 126 Å². The van der Waals surface area contributed by atoms with Crippen LogP contribution in [0.5, 0.6) is 5.75 Å². The summed E-state index contributed by atoms with van der Waals surface area (Å²) in [5, 5.41) is 11.9. The minimum atomic E-state index is -1.89. The van der Waals surface area contributed by atoms with Gasteiger partial charge in [0.1, 0.15) is 23.8 Å². The van der Waals surface area contributed by atoms with E-state index in [0.717, 1.165) is 4.90 Å². The van der Waals surface area contributed by atoms with E-state index in [1.165, 1.54) is 12.3 Å². The number of amides is 2. The number of nitrogens with one attached hydrogen (secondary N) is 1. The van der Waals surface area contributed by atoms with Gasteiger partial charge in [0.2, 0.25) is 3.79 Å². The van der Waals surface area contributed by atoms with Crippen molar-refractivity contribution in [2.45, 2.75) is 40.5 Å². The minimum Gasteiger partial charge on any atom is -0.484 e. The first-order valence-corrected chi connectivity index (χ1v) is 12.4. The van der Waals surface area contributed by atoms with Gasteiger partial charge < -0.3 is 19.7 Å². The first-order chi connectivity index (χ1) is 16.0. The number of nitrogens with zero attached hydrogens (tertiary/aromatic N) is 2. The van der Waals surface area contributed by atoms with Crippen molar-refractivity contribution < 1.29 is 28.1 Å². The lowest BCUT2D eigenvalue weighted by atomic mass is 9.81. The summed E-state index contributed by atoms with van der Waals surface area (Å²) < 4.78 is 21.5. The molecule has 2 aliphatic rings. The van der Waals surface area contributed by atoms with Gasteiger partial charge in [0, 0.05) is 11.8 Å². The Morgan fingerprint density at radius 3 is 2.59 bits per heavy atom. The third-order valence-corrected chi connectivity index (χ3v) is 7.24. The zero-order valence-electron chi connectivity index (χ0n) is 17.8. The van der Waals surface area contributed by atoms with Gasteiger partial charge in [-0.25, -0.2) is 4.79 Å². The number of benzene rings is 1. The van der Waals surface area contributed by atoms with Crippen molar-refractivity contribution in [3.05, 3.63) is 41.3 Å². The van der Waals surface area contributed by atoms with Crippen LogP contribution in [0.3, 0.4) is 0 Å². The fourth-order valence-corrected chi connectivity index (χ4v) is 5.63. The molecule has 4 atom stereocenters. The molecule has 0 saturated carbocycles. The summed E-state index contributed by atoms with van der Waals surface area (Å²) in [4.78, 5) is 39.8. The largest absolute Gasteiger partial charge is 0.484 e. The van der Waals surface area contributed by atoms with E-state index in [9.17, 15) is 18.6 Å². The third kappa shape index (κ3) is 5.33. The number of hydrogen-bond donors (Lipinski definition) is 1. The monoisotopic (exact) mass is 547 g/mol. The summed E-state index contributed by atoms with van der Waals surface area (Å²) in [5.74, 6) is -1.71. The van der Waals surface area contributed by atoms with Gasteiger partial charge in [0.25, 0.3) is 11.8 Å². The fraction of sp³-hybridized carbons (Fsp3) is 0.429. The standard InChI is InChI=1S/C21H20Cl3N3O6S/c1-13-11-34(31)18-16(26-15(28)10-32-14-6-3-2-4-7-14)17(29)27(18)20(13,8-5-9-25)19(30)33-12-21(22,23)24/h2-4,6-7,11,16,18H,5,8,10,12H2,1H3,(H,26,28)/t16-,18-,20-,34?/m1/s1. The van der Waals surface area contributed by atoms with Crippen molar-refractivity contribution in [2.24, 2.45) is 0 Å². The Bertz CT molecular complexity index is 1070. The molecule has 0 radical (unpaired) electrons. The van der Waals surface area contributed by atoms with Gasteiger partial charge in [-0.2, -0.15) is 5.26 Å². The zero-order chi connectivity index (χ0) is 25.1. The number of carbonyl (C=O) groups excluding carboxylic acids is 3. The van der Waals surface area contributed by atoms with Crippen LogP contribution in [0.2, 0.25) is 0 Å². The van der Waals surface area contributed by atoms with E-state index in [0.29, 0.717) is 5.75 Å². The first kappa shape index (κ1) is 26.3. The molecule has 2 heterocycles. The van der Waals surface area contributed by atoms with E-state index >= 15 is 0 Å². The molecule has 1 aromatic rings. The molecule has 0 aromatic heterocycles. The SMILES string of the molecule is CC1=CS(=O)[C@@H]2[C@H](NC(=O)COc3ccccc3)C(=O)N2[C@@]1(CCC#N)C(=O)OCC(Cl)(Cl)Cl. The Hall–Kier alpha value is -2.32. The number of ether oxygens (including phenoxy) is 2. The minimum absolute atomic E-state index is 0.112. The van der Waals surface area contributed by atoms with Gasteiger partial charge in [0.15, 0.2) is 12.1 Å². The molecule has 182 valence electrons. The highest BCUT2D eigenvalue weighted by Gasteiger charge is 2.65. The van der Waals surface area contributed by atoms with Crippen LogP contribution in [0, 0.1) is 11.3 Å².